The fourth-order valence-electron chi connectivity index (χ4n) is 6.00. The molecule has 13 nitrogen and oxygen atoms in total. The molecule has 0 saturated carbocycles. The lowest BCUT2D eigenvalue weighted by Crippen LogP contribution is -2.32. The van der Waals surface area contributed by atoms with Crippen LogP contribution in [0.2, 0.25) is 0 Å². The molecule has 0 saturated heterocycles. The van der Waals surface area contributed by atoms with Gasteiger partial charge in [0.1, 0.15) is 0 Å². The van der Waals surface area contributed by atoms with Gasteiger partial charge in [0.25, 0.3) is 0 Å². The maximum atomic E-state index is 13.3. The summed E-state index contributed by atoms with van der Waals surface area (Å²) >= 11 is 0. The molecule has 2 unspecified atom stereocenters. The number of carbonyl (C=O) groups is 3. The Morgan fingerprint density at radius 3 is 2.14 bits per heavy atom. The zero-order chi connectivity index (χ0) is 41.5. The van der Waals surface area contributed by atoms with E-state index in [1.165, 1.54) is 25.3 Å². The Hall–Kier alpha value is -5.36. The van der Waals surface area contributed by atoms with E-state index in [-0.39, 0.29) is 42.0 Å². The van der Waals surface area contributed by atoms with Gasteiger partial charge in [-0.15, -0.1) is 0 Å². The quantitative estimate of drug-likeness (QED) is 0.0443. The van der Waals surface area contributed by atoms with E-state index < -0.39 is 26.6 Å². The van der Waals surface area contributed by atoms with Crippen molar-refractivity contribution in [2.45, 2.75) is 66.9 Å². The van der Waals surface area contributed by atoms with E-state index in [2.05, 4.69) is 43.2 Å². The van der Waals surface area contributed by atoms with Crippen LogP contribution < -0.4 is 24.8 Å². The average Bonchev–Trinajstić information content (AvgIpc) is 3.16. The van der Waals surface area contributed by atoms with Gasteiger partial charge in [0.15, 0.2) is 11.5 Å². The molecule has 0 radical (unpaired) electrons. The molecule has 0 aliphatic heterocycles. The third-order valence-corrected chi connectivity index (χ3v) is 9.61. The third kappa shape index (κ3) is 14.3. The number of hydrogen-bond acceptors (Lipinski definition) is 10. The predicted octanol–water partition coefficient (Wildman–Crippen LogP) is 9.70. The van der Waals surface area contributed by atoms with E-state index in [0.717, 1.165) is 29.9 Å². The number of rotatable bonds is 20. The van der Waals surface area contributed by atoms with E-state index in [9.17, 15) is 23.8 Å². The highest BCUT2D eigenvalue weighted by Crippen LogP contribution is 2.47. The van der Waals surface area contributed by atoms with E-state index in [0.29, 0.717) is 35.2 Å². The molecular formula is C43H54N3O10P. The minimum atomic E-state index is -4.54. The molecule has 306 valence electrons. The number of urea groups is 1. The maximum absolute atomic E-state index is 13.3. The number of aryl methyl sites for hydroxylation is 1. The van der Waals surface area contributed by atoms with Crippen molar-refractivity contribution >= 4 is 42.9 Å². The monoisotopic (exact) mass is 803 g/mol. The molecule has 0 aromatic heterocycles. The number of nitrogens with zero attached hydrogens (tertiary/aromatic N) is 1. The van der Waals surface area contributed by atoms with Crippen LogP contribution in [-0.4, -0.2) is 49.9 Å². The summed E-state index contributed by atoms with van der Waals surface area (Å²) < 4.78 is 38.6. The average molecular weight is 804 g/mol. The number of esters is 2. The third-order valence-electron chi connectivity index (χ3n) is 8.73. The number of phosphoric acid groups is 1. The van der Waals surface area contributed by atoms with Gasteiger partial charge in [-0.3, -0.25) is 14.2 Å². The zero-order valence-corrected chi connectivity index (χ0v) is 34.5. The molecule has 14 heteroatoms. The first-order valence-electron chi connectivity index (χ1n) is 18.9. The second kappa shape index (κ2) is 21.2. The Morgan fingerprint density at radius 1 is 0.825 bits per heavy atom. The topological polar surface area (TPSA) is 162 Å². The maximum Gasteiger partial charge on any atom is 0.527 e. The number of methoxy groups -OCH3 is 1. The lowest BCUT2D eigenvalue weighted by Gasteiger charge is -2.31. The van der Waals surface area contributed by atoms with Gasteiger partial charge < -0.3 is 34.3 Å². The van der Waals surface area contributed by atoms with Gasteiger partial charge in [-0.05, 0) is 84.7 Å². The van der Waals surface area contributed by atoms with Crippen LogP contribution in [0.15, 0.2) is 91.0 Å². The fourth-order valence-corrected chi connectivity index (χ4v) is 6.76. The highest BCUT2D eigenvalue weighted by molar-refractivity contribution is 7.47. The molecule has 3 N–H and O–H groups in total. The SMILES string of the molecule is CCC(CC(=O)OCOC(=O)c1ccc(OP(=O)(O)OCc2ccccc2)c(OC)c1)c1ccc(N(CC(C)C)CC(C)C)c(NC(=O)Nc2ccc(C)cc2)c1. The van der Waals surface area contributed by atoms with Crippen molar-refractivity contribution in [2.24, 2.45) is 11.8 Å². The van der Waals surface area contributed by atoms with Crippen molar-refractivity contribution in [1.29, 1.82) is 0 Å². The number of amides is 2. The van der Waals surface area contributed by atoms with Gasteiger partial charge in [0, 0.05) is 18.8 Å². The molecule has 2 atom stereocenters. The number of benzene rings is 4. The smallest absolute Gasteiger partial charge is 0.493 e. The normalized spacial score (nSPS) is 12.7. The van der Waals surface area contributed by atoms with Gasteiger partial charge in [0.05, 0.1) is 37.1 Å². The molecule has 4 aromatic carbocycles. The van der Waals surface area contributed by atoms with E-state index in [4.69, 9.17) is 23.3 Å². The first-order chi connectivity index (χ1) is 27.2. The second-order valence-corrected chi connectivity index (χ2v) is 15.9. The molecule has 4 rings (SSSR count). The lowest BCUT2D eigenvalue weighted by molar-refractivity contribution is -0.152. The Balaban J connectivity index is 1.39. The summed E-state index contributed by atoms with van der Waals surface area (Å²) in [7, 11) is -3.24. The van der Waals surface area contributed by atoms with Crippen LogP contribution in [0.5, 0.6) is 11.5 Å². The number of phosphoric ester groups is 1. The van der Waals surface area contributed by atoms with Crippen LogP contribution in [0, 0.1) is 18.8 Å². The Morgan fingerprint density at radius 2 is 1.51 bits per heavy atom. The molecule has 57 heavy (non-hydrogen) atoms. The summed E-state index contributed by atoms with van der Waals surface area (Å²) in [6.45, 7) is 13.3. The molecule has 4 aromatic rings. The molecule has 0 fully saturated rings. The van der Waals surface area contributed by atoms with Gasteiger partial charge in [-0.2, -0.15) is 0 Å². The molecule has 0 heterocycles. The molecular weight excluding hydrogens is 749 g/mol. The van der Waals surface area contributed by atoms with Gasteiger partial charge in [0.2, 0.25) is 6.79 Å². The Labute approximate surface area is 335 Å². The highest BCUT2D eigenvalue weighted by atomic mass is 31.2. The number of anilines is 3. The minimum absolute atomic E-state index is 0.00246. The van der Waals surface area contributed by atoms with Crippen LogP contribution in [0.4, 0.5) is 21.9 Å². The highest BCUT2D eigenvalue weighted by Gasteiger charge is 2.26. The number of carbonyl (C=O) groups excluding carboxylic acids is 3. The molecule has 2 amide bonds. The predicted molar refractivity (Wildman–Crippen MR) is 221 cm³/mol. The van der Waals surface area contributed by atoms with Crippen LogP contribution >= 0.6 is 7.82 Å². The summed E-state index contributed by atoms with van der Waals surface area (Å²) in [6, 6.07) is 25.7. The van der Waals surface area contributed by atoms with Gasteiger partial charge in [-0.25, -0.2) is 14.2 Å². The first-order valence-corrected chi connectivity index (χ1v) is 20.4. The fraction of sp³-hybridized carbons (Fsp3) is 0.372. The van der Waals surface area contributed by atoms with Crippen molar-refractivity contribution in [2.75, 3.05) is 42.5 Å². The number of hydrogen-bond donors (Lipinski definition) is 3. The summed E-state index contributed by atoms with van der Waals surface area (Å²) in [5.41, 5.74) is 4.77. The van der Waals surface area contributed by atoms with Crippen molar-refractivity contribution in [1.82, 2.24) is 0 Å². The molecule has 0 spiro atoms. The summed E-state index contributed by atoms with van der Waals surface area (Å²) in [4.78, 5) is 51.7. The van der Waals surface area contributed by atoms with E-state index in [1.54, 1.807) is 24.3 Å². The summed E-state index contributed by atoms with van der Waals surface area (Å²) in [6.07, 6.45) is 0.592. The van der Waals surface area contributed by atoms with Gasteiger partial charge in [-0.1, -0.05) is 88.7 Å². The number of ether oxygens (including phenoxy) is 3. The molecule has 0 bridgehead atoms. The van der Waals surface area contributed by atoms with Crippen molar-refractivity contribution in [3.63, 3.8) is 0 Å². The minimum Gasteiger partial charge on any atom is -0.493 e. The van der Waals surface area contributed by atoms with Crippen molar-refractivity contribution < 1.29 is 47.1 Å². The second-order valence-electron chi connectivity index (χ2n) is 14.5. The molecule has 0 aliphatic rings. The van der Waals surface area contributed by atoms with Crippen LogP contribution in [0.1, 0.15) is 80.4 Å². The van der Waals surface area contributed by atoms with Crippen molar-refractivity contribution in [3.05, 3.63) is 113 Å². The summed E-state index contributed by atoms with van der Waals surface area (Å²) in [5.74, 6) is -1.07. The molecule has 0 aliphatic carbocycles. The number of nitrogens with one attached hydrogen (secondary N) is 2. The van der Waals surface area contributed by atoms with Crippen LogP contribution in [0.25, 0.3) is 0 Å². The Kier molecular flexibility index (Phi) is 16.5. The summed E-state index contributed by atoms with van der Waals surface area (Å²) in [5, 5.41) is 5.96. The standard InChI is InChI=1S/C43H54N3O10P/c1-8-33(34-16-20-38(46(25-29(2)3)26-30(4)5)37(22-34)45-43(49)44-36-18-14-31(6)15-19-36)24-41(47)53-28-54-42(48)35-17-21-39(40(23-35)52-7)56-57(50,51)55-27-32-12-10-9-11-13-32/h9-23,29-30,33H,8,24-28H2,1-7H3,(H,50,51)(H2,44,45,49). The van der Waals surface area contributed by atoms with E-state index >= 15 is 0 Å². The van der Waals surface area contributed by atoms with Crippen molar-refractivity contribution in [3.8, 4) is 11.5 Å². The Bertz CT molecular complexity index is 1980. The van der Waals surface area contributed by atoms with Crippen LogP contribution in [-0.2, 0) is 30.0 Å². The largest absolute Gasteiger partial charge is 0.527 e. The first kappa shape index (κ1) is 44.4. The van der Waals surface area contributed by atoms with Gasteiger partial charge >= 0.3 is 25.8 Å². The van der Waals surface area contributed by atoms with Crippen LogP contribution in [0.3, 0.4) is 0 Å². The lowest BCUT2D eigenvalue weighted by atomic mass is 9.92. The van der Waals surface area contributed by atoms with E-state index in [1.807, 2.05) is 62.4 Å². The zero-order valence-electron chi connectivity index (χ0n) is 33.7.